The summed E-state index contributed by atoms with van der Waals surface area (Å²) < 4.78 is 6.40. The van der Waals surface area contributed by atoms with Crippen molar-refractivity contribution in [2.45, 2.75) is 68.4 Å². The molecule has 1 saturated carbocycles. The Morgan fingerprint density at radius 2 is 1.94 bits per heavy atom. The van der Waals surface area contributed by atoms with Crippen LogP contribution >= 0.6 is 0 Å². The first-order valence-corrected chi connectivity index (χ1v) is 12.2. The van der Waals surface area contributed by atoms with Crippen LogP contribution in [0.3, 0.4) is 0 Å². The monoisotopic (exact) mass is 419 g/mol. The second-order valence-electron chi connectivity index (χ2n) is 10.1. The van der Waals surface area contributed by atoms with Crippen molar-refractivity contribution in [3.63, 3.8) is 0 Å². The van der Waals surface area contributed by atoms with Crippen molar-refractivity contribution in [1.29, 1.82) is 0 Å². The predicted octanol–water partition coefficient (Wildman–Crippen LogP) is 4.65. The molecule has 0 bridgehead atoms. The van der Waals surface area contributed by atoms with E-state index >= 15 is 0 Å². The summed E-state index contributed by atoms with van der Waals surface area (Å²) >= 11 is 0. The molecule has 2 atom stereocenters. The molecule has 2 aliphatic heterocycles. The zero-order chi connectivity index (χ0) is 21.2. The van der Waals surface area contributed by atoms with Gasteiger partial charge in [0.15, 0.2) is 0 Å². The van der Waals surface area contributed by atoms with Crippen LogP contribution in [-0.4, -0.2) is 48.8 Å². The number of nitrogens with one attached hydrogen (secondary N) is 1. The minimum atomic E-state index is 0.0955. The third-order valence-corrected chi connectivity index (χ3v) is 8.17. The molecule has 1 aliphatic carbocycles. The summed E-state index contributed by atoms with van der Waals surface area (Å²) in [6, 6.07) is 15.9. The lowest BCUT2D eigenvalue weighted by molar-refractivity contribution is -0.104. The van der Waals surface area contributed by atoms with Crippen LogP contribution in [0.25, 0.3) is 0 Å². The molecule has 3 heterocycles. The van der Waals surface area contributed by atoms with Crippen LogP contribution in [0, 0.1) is 0 Å². The van der Waals surface area contributed by atoms with E-state index in [-0.39, 0.29) is 11.0 Å². The SMILES string of the molecule is CN1CCc2ccccc2C1CNCC[C@@]1(c2ccccn2)CCOC2(CCCC2)C1. The maximum Gasteiger partial charge on any atom is 0.0691 e. The van der Waals surface area contributed by atoms with Crippen molar-refractivity contribution < 1.29 is 4.74 Å². The van der Waals surface area contributed by atoms with Crippen LogP contribution in [-0.2, 0) is 16.6 Å². The van der Waals surface area contributed by atoms with Crippen molar-refractivity contribution in [2.75, 3.05) is 33.3 Å². The van der Waals surface area contributed by atoms with E-state index in [2.05, 4.69) is 53.7 Å². The Morgan fingerprint density at radius 3 is 2.77 bits per heavy atom. The summed E-state index contributed by atoms with van der Waals surface area (Å²) in [6.45, 7) is 4.04. The lowest BCUT2D eigenvalue weighted by atomic mass is 9.68. The Morgan fingerprint density at radius 1 is 1.10 bits per heavy atom. The molecule has 3 aliphatic rings. The van der Waals surface area contributed by atoms with Gasteiger partial charge in [-0.05, 0) is 75.4 Å². The third kappa shape index (κ3) is 4.30. The maximum absolute atomic E-state index is 6.40. The lowest BCUT2D eigenvalue weighted by Crippen LogP contribution is -2.48. The van der Waals surface area contributed by atoms with Crippen LogP contribution < -0.4 is 5.32 Å². The third-order valence-electron chi connectivity index (χ3n) is 8.17. The fraction of sp³-hybridized carbons (Fsp3) is 0.593. The molecule has 1 spiro atoms. The van der Waals surface area contributed by atoms with Gasteiger partial charge in [0.2, 0.25) is 0 Å². The summed E-state index contributed by atoms with van der Waals surface area (Å²) in [5, 5.41) is 3.84. The highest BCUT2D eigenvalue weighted by molar-refractivity contribution is 5.32. The molecule has 1 saturated heterocycles. The van der Waals surface area contributed by atoms with Gasteiger partial charge in [-0.25, -0.2) is 0 Å². The van der Waals surface area contributed by atoms with Crippen LogP contribution in [0.15, 0.2) is 48.7 Å². The maximum atomic E-state index is 6.40. The second kappa shape index (κ2) is 9.01. The molecule has 2 aromatic rings. The van der Waals surface area contributed by atoms with E-state index in [1.165, 1.54) is 42.5 Å². The zero-order valence-corrected chi connectivity index (χ0v) is 19.0. The summed E-state index contributed by atoms with van der Waals surface area (Å²) in [5.74, 6) is 0. The number of likely N-dealkylation sites (N-methyl/N-ethyl adjacent to an activating group) is 1. The van der Waals surface area contributed by atoms with E-state index in [4.69, 9.17) is 9.72 Å². The first kappa shape index (κ1) is 21.1. The van der Waals surface area contributed by atoms with Gasteiger partial charge < -0.3 is 10.1 Å². The topological polar surface area (TPSA) is 37.4 Å². The summed E-state index contributed by atoms with van der Waals surface area (Å²) in [5.41, 5.74) is 4.52. The Hall–Kier alpha value is -1.75. The van der Waals surface area contributed by atoms with Gasteiger partial charge in [-0.3, -0.25) is 9.88 Å². The molecular weight excluding hydrogens is 382 g/mol. The van der Waals surface area contributed by atoms with E-state index in [9.17, 15) is 0 Å². The summed E-state index contributed by atoms with van der Waals surface area (Å²) in [7, 11) is 2.26. The molecule has 0 amide bonds. The Bertz CT molecular complexity index is 864. The molecule has 1 aromatic carbocycles. The van der Waals surface area contributed by atoms with Gasteiger partial charge in [-0.2, -0.15) is 0 Å². The normalized spacial score (nSPS) is 28.0. The number of hydrogen-bond acceptors (Lipinski definition) is 4. The molecule has 31 heavy (non-hydrogen) atoms. The van der Waals surface area contributed by atoms with Crippen LogP contribution in [0.5, 0.6) is 0 Å². The number of ether oxygens (including phenoxy) is 1. The highest BCUT2D eigenvalue weighted by atomic mass is 16.5. The van der Waals surface area contributed by atoms with E-state index < -0.39 is 0 Å². The Balaban J connectivity index is 1.28. The van der Waals surface area contributed by atoms with Gasteiger partial charge in [-0.15, -0.1) is 0 Å². The van der Waals surface area contributed by atoms with Gasteiger partial charge in [-0.1, -0.05) is 43.2 Å². The average molecular weight is 420 g/mol. The number of benzene rings is 1. The fourth-order valence-corrected chi connectivity index (χ4v) is 6.41. The van der Waals surface area contributed by atoms with E-state index in [1.54, 1.807) is 0 Å². The van der Waals surface area contributed by atoms with Gasteiger partial charge in [0.1, 0.15) is 0 Å². The molecule has 2 fully saturated rings. The number of fused-ring (bicyclic) bond motifs is 1. The van der Waals surface area contributed by atoms with Crippen LogP contribution in [0.4, 0.5) is 0 Å². The molecule has 4 nitrogen and oxygen atoms in total. The number of rotatable bonds is 6. The highest BCUT2D eigenvalue weighted by Crippen LogP contribution is 2.49. The number of hydrogen-bond donors (Lipinski definition) is 1. The van der Waals surface area contributed by atoms with Crippen LogP contribution in [0.1, 0.15) is 67.8 Å². The van der Waals surface area contributed by atoms with Crippen molar-refractivity contribution in [2.24, 2.45) is 0 Å². The summed E-state index contributed by atoms with van der Waals surface area (Å²) in [4.78, 5) is 7.35. The number of pyridine rings is 1. The average Bonchev–Trinajstić information content (AvgIpc) is 3.25. The minimum absolute atomic E-state index is 0.0955. The van der Waals surface area contributed by atoms with E-state index in [0.29, 0.717) is 6.04 Å². The fourth-order valence-electron chi connectivity index (χ4n) is 6.41. The zero-order valence-electron chi connectivity index (χ0n) is 19.0. The second-order valence-corrected chi connectivity index (χ2v) is 10.1. The lowest BCUT2D eigenvalue weighted by Gasteiger charge is -2.46. The summed E-state index contributed by atoms with van der Waals surface area (Å²) in [6.07, 6.45) is 11.5. The standard InChI is InChI=1S/C27H37N3O/c1-30-18-11-22-8-2-3-9-23(22)24(30)20-28-17-14-26(25-10-4-7-16-29-25)15-19-31-27(21-26)12-5-6-13-27/h2-4,7-10,16,24,28H,5-6,11-15,17-21H2,1H3/t24?,26-/m1/s1. The Kier molecular flexibility index (Phi) is 6.14. The molecule has 166 valence electrons. The van der Waals surface area contributed by atoms with Gasteiger partial charge in [0.25, 0.3) is 0 Å². The van der Waals surface area contributed by atoms with Crippen molar-refractivity contribution in [1.82, 2.24) is 15.2 Å². The molecular formula is C27H37N3O. The molecule has 0 radical (unpaired) electrons. The molecule has 1 unspecified atom stereocenters. The predicted molar refractivity (Wildman–Crippen MR) is 125 cm³/mol. The number of nitrogens with zero attached hydrogens (tertiary/aromatic N) is 2. The van der Waals surface area contributed by atoms with E-state index in [0.717, 1.165) is 51.9 Å². The molecule has 1 N–H and O–H groups in total. The van der Waals surface area contributed by atoms with Crippen molar-refractivity contribution >= 4 is 0 Å². The van der Waals surface area contributed by atoms with Crippen molar-refractivity contribution in [3.8, 4) is 0 Å². The highest BCUT2D eigenvalue weighted by Gasteiger charge is 2.48. The minimum Gasteiger partial charge on any atom is -0.375 e. The Labute approximate surface area is 187 Å². The van der Waals surface area contributed by atoms with Crippen molar-refractivity contribution in [3.05, 3.63) is 65.5 Å². The van der Waals surface area contributed by atoms with Gasteiger partial charge >= 0.3 is 0 Å². The van der Waals surface area contributed by atoms with Gasteiger partial charge in [0, 0.05) is 43.0 Å². The largest absolute Gasteiger partial charge is 0.375 e. The molecule has 5 rings (SSSR count). The first-order valence-electron chi connectivity index (χ1n) is 12.2. The number of aromatic nitrogens is 1. The van der Waals surface area contributed by atoms with E-state index in [1.807, 2.05) is 12.3 Å². The molecule has 1 aromatic heterocycles. The quantitative estimate of drug-likeness (QED) is 0.692. The first-order chi connectivity index (χ1) is 15.2. The smallest absolute Gasteiger partial charge is 0.0691 e. The van der Waals surface area contributed by atoms with Gasteiger partial charge in [0.05, 0.1) is 5.60 Å². The molecule has 4 heteroatoms. The van der Waals surface area contributed by atoms with Crippen LogP contribution in [0.2, 0.25) is 0 Å².